The van der Waals surface area contributed by atoms with Gasteiger partial charge in [0.1, 0.15) is 0 Å². The summed E-state index contributed by atoms with van der Waals surface area (Å²) in [7, 11) is 3.28. The number of benzene rings is 1. The third-order valence-corrected chi connectivity index (χ3v) is 7.61. The SMILES string of the molecule is CCCCCCCCC(C1CCC(c2c(F)c(F)c(F)c(F)c2F)CC1)C(CC)(OC)OC. The van der Waals surface area contributed by atoms with E-state index >= 15 is 0 Å². The van der Waals surface area contributed by atoms with Crippen molar-refractivity contribution in [2.75, 3.05) is 14.2 Å². The highest BCUT2D eigenvalue weighted by Crippen LogP contribution is 2.47. The Hall–Kier alpha value is -1.21. The van der Waals surface area contributed by atoms with E-state index in [1.165, 1.54) is 25.7 Å². The normalized spacial score (nSPS) is 20.3. The van der Waals surface area contributed by atoms with Crippen molar-refractivity contribution in [3.63, 3.8) is 0 Å². The summed E-state index contributed by atoms with van der Waals surface area (Å²) in [4.78, 5) is 0. The summed E-state index contributed by atoms with van der Waals surface area (Å²) in [6.07, 6.45) is 10.6. The third kappa shape index (κ3) is 6.27. The van der Waals surface area contributed by atoms with Gasteiger partial charge in [0.05, 0.1) is 0 Å². The zero-order valence-corrected chi connectivity index (χ0v) is 20.4. The van der Waals surface area contributed by atoms with Gasteiger partial charge in [-0.3, -0.25) is 0 Å². The van der Waals surface area contributed by atoms with E-state index in [9.17, 15) is 22.0 Å². The van der Waals surface area contributed by atoms with E-state index in [2.05, 4.69) is 6.92 Å². The summed E-state index contributed by atoms with van der Waals surface area (Å²) < 4.78 is 81.2. The largest absolute Gasteiger partial charge is 0.353 e. The van der Waals surface area contributed by atoms with E-state index in [1.807, 2.05) is 6.92 Å². The molecule has 1 aromatic carbocycles. The van der Waals surface area contributed by atoms with Gasteiger partial charge in [-0.15, -0.1) is 0 Å². The molecule has 0 spiro atoms. The minimum absolute atomic E-state index is 0.0982. The van der Waals surface area contributed by atoms with Crippen LogP contribution in [0.5, 0.6) is 0 Å². The van der Waals surface area contributed by atoms with Crippen LogP contribution in [0.25, 0.3) is 0 Å². The van der Waals surface area contributed by atoms with Crippen LogP contribution in [-0.2, 0) is 9.47 Å². The number of hydrogen-bond donors (Lipinski definition) is 0. The molecule has 1 atom stereocenters. The molecule has 1 saturated carbocycles. The monoisotopic (exact) mass is 478 g/mol. The van der Waals surface area contributed by atoms with E-state index in [-0.39, 0.29) is 11.8 Å². The zero-order valence-electron chi connectivity index (χ0n) is 20.4. The second-order valence-electron chi connectivity index (χ2n) is 9.33. The predicted molar refractivity (Wildman–Crippen MR) is 119 cm³/mol. The second-order valence-corrected chi connectivity index (χ2v) is 9.33. The molecule has 2 rings (SSSR count). The predicted octanol–water partition coefficient (Wildman–Crippen LogP) is 8.42. The molecule has 7 heteroatoms. The molecule has 1 aliphatic rings. The molecule has 0 bridgehead atoms. The molecule has 0 aliphatic heterocycles. The van der Waals surface area contributed by atoms with Crippen LogP contribution in [0.1, 0.15) is 102 Å². The Bertz CT molecular complexity index is 705. The Morgan fingerprint density at radius 3 is 1.70 bits per heavy atom. The van der Waals surface area contributed by atoms with Crippen LogP contribution in [0.15, 0.2) is 0 Å². The number of methoxy groups -OCH3 is 2. The van der Waals surface area contributed by atoms with Crippen LogP contribution >= 0.6 is 0 Å². The molecule has 0 aromatic heterocycles. The van der Waals surface area contributed by atoms with Crippen molar-refractivity contribution in [2.45, 2.75) is 103 Å². The molecule has 1 unspecified atom stereocenters. The van der Waals surface area contributed by atoms with Gasteiger partial charge in [-0.1, -0.05) is 52.4 Å². The maximum atomic E-state index is 14.3. The molecule has 1 fully saturated rings. The molecule has 0 heterocycles. The lowest BCUT2D eigenvalue weighted by atomic mass is 9.69. The van der Waals surface area contributed by atoms with Gasteiger partial charge in [0.25, 0.3) is 0 Å². The van der Waals surface area contributed by atoms with Gasteiger partial charge < -0.3 is 9.47 Å². The lowest BCUT2D eigenvalue weighted by molar-refractivity contribution is -0.255. The highest BCUT2D eigenvalue weighted by Gasteiger charge is 2.44. The van der Waals surface area contributed by atoms with Crippen molar-refractivity contribution in [1.29, 1.82) is 0 Å². The summed E-state index contributed by atoms with van der Waals surface area (Å²) in [6.45, 7) is 4.20. The minimum atomic E-state index is -2.10. The first kappa shape index (κ1) is 28.0. The van der Waals surface area contributed by atoms with Crippen molar-refractivity contribution >= 4 is 0 Å². The van der Waals surface area contributed by atoms with Gasteiger partial charge in [0, 0.05) is 25.7 Å². The molecule has 1 aromatic rings. The highest BCUT2D eigenvalue weighted by molar-refractivity contribution is 5.28. The highest BCUT2D eigenvalue weighted by atomic mass is 19.2. The van der Waals surface area contributed by atoms with Crippen LogP contribution < -0.4 is 0 Å². The molecule has 1 aliphatic carbocycles. The van der Waals surface area contributed by atoms with Gasteiger partial charge in [0.15, 0.2) is 29.1 Å². The minimum Gasteiger partial charge on any atom is -0.353 e. The van der Waals surface area contributed by atoms with Crippen molar-refractivity contribution in [2.24, 2.45) is 11.8 Å². The van der Waals surface area contributed by atoms with E-state index in [1.54, 1.807) is 14.2 Å². The number of unbranched alkanes of at least 4 members (excludes halogenated alkanes) is 5. The number of halogens is 5. The van der Waals surface area contributed by atoms with Crippen molar-refractivity contribution in [3.8, 4) is 0 Å². The topological polar surface area (TPSA) is 18.5 Å². The Labute approximate surface area is 195 Å². The molecular weight excluding hydrogens is 439 g/mol. The standard InChI is InChI=1S/C26H39F5O2/c1-5-7-8-9-10-11-12-19(26(6-2,32-3)33-4)17-13-15-18(16-14-17)20-21(27)23(29)25(31)24(30)22(20)28/h17-19H,5-16H2,1-4H3. The third-order valence-electron chi connectivity index (χ3n) is 7.61. The van der Waals surface area contributed by atoms with Crippen molar-refractivity contribution < 1.29 is 31.4 Å². The number of rotatable bonds is 13. The van der Waals surface area contributed by atoms with Crippen LogP contribution in [0.3, 0.4) is 0 Å². The van der Waals surface area contributed by atoms with Crippen LogP contribution in [0, 0.1) is 40.9 Å². The van der Waals surface area contributed by atoms with Crippen LogP contribution in [-0.4, -0.2) is 20.0 Å². The lowest BCUT2D eigenvalue weighted by Crippen LogP contribution is -2.46. The fourth-order valence-corrected chi connectivity index (χ4v) is 5.69. The smallest absolute Gasteiger partial charge is 0.200 e. The fourth-order valence-electron chi connectivity index (χ4n) is 5.69. The number of hydrogen-bond acceptors (Lipinski definition) is 2. The van der Waals surface area contributed by atoms with Gasteiger partial charge in [-0.05, 0) is 50.4 Å². The van der Waals surface area contributed by atoms with Crippen molar-refractivity contribution in [1.82, 2.24) is 0 Å². The van der Waals surface area contributed by atoms with E-state index < -0.39 is 46.4 Å². The molecule has 0 amide bonds. The molecule has 0 saturated heterocycles. The van der Waals surface area contributed by atoms with Crippen LogP contribution in [0.2, 0.25) is 0 Å². The van der Waals surface area contributed by atoms with Gasteiger partial charge in [-0.2, -0.15) is 0 Å². The average Bonchev–Trinajstić information content (AvgIpc) is 2.84. The summed E-state index contributed by atoms with van der Waals surface area (Å²) >= 11 is 0. The van der Waals surface area contributed by atoms with E-state index in [0.717, 1.165) is 19.3 Å². The average molecular weight is 479 g/mol. The number of ether oxygens (including phenoxy) is 2. The molecule has 0 radical (unpaired) electrons. The maximum Gasteiger partial charge on any atom is 0.200 e. The first-order chi connectivity index (χ1) is 15.8. The molecular formula is C26H39F5O2. The summed E-state index contributed by atoms with van der Waals surface area (Å²) in [5.74, 6) is -10.4. The molecule has 2 nitrogen and oxygen atoms in total. The zero-order chi connectivity index (χ0) is 24.6. The van der Waals surface area contributed by atoms with Crippen molar-refractivity contribution in [3.05, 3.63) is 34.6 Å². The fraction of sp³-hybridized carbons (Fsp3) is 0.769. The Morgan fingerprint density at radius 1 is 0.727 bits per heavy atom. The Kier molecular flexibility index (Phi) is 11.1. The summed E-state index contributed by atoms with van der Waals surface area (Å²) in [5.41, 5.74) is -0.669. The van der Waals surface area contributed by atoms with Gasteiger partial charge in [0.2, 0.25) is 5.82 Å². The second kappa shape index (κ2) is 13.0. The molecule has 33 heavy (non-hydrogen) atoms. The van der Waals surface area contributed by atoms with Gasteiger partial charge >= 0.3 is 0 Å². The summed E-state index contributed by atoms with van der Waals surface area (Å²) in [5, 5.41) is 0. The quantitative estimate of drug-likeness (QED) is 0.0931. The summed E-state index contributed by atoms with van der Waals surface area (Å²) in [6, 6.07) is 0. The van der Waals surface area contributed by atoms with E-state index in [4.69, 9.17) is 9.47 Å². The van der Waals surface area contributed by atoms with E-state index in [0.29, 0.717) is 32.1 Å². The first-order valence-corrected chi connectivity index (χ1v) is 12.4. The first-order valence-electron chi connectivity index (χ1n) is 12.4. The molecule has 0 N–H and O–H groups in total. The maximum absolute atomic E-state index is 14.3. The molecule has 190 valence electrons. The Morgan fingerprint density at radius 2 is 1.21 bits per heavy atom. The van der Waals surface area contributed by atoms with Crippen LogP contribution in [0.4, 0.5) is 22.0 Å². The van der Waals surface area contributed by atoms with Gasteiger partial charge in [-0.25, -0.2) is 22.0 Å². The Balaban J connectivity index is 2.14. The lowest BCUT2D eigenvalue weighted by Gasteiger charge is -2.44.